The zero-order valence-electron chi connectivity index (χ0n) is 12.4. The molecule has 7 nitrogen and oxygen atoms in total. The second-order valence-corrected chi connectivity index (χ2v) is 5.51. The van der Waals surface area contributed by atoms with E-state index in [1.165, 1.54) is 6.07 Å². The predicted octanol–water partition coefficient (Wildman–Crippen LogP) is 2.29. The Labute approximate surface area is 128 Å². The molecular formula is C13H20N4O3S. The highest BCUT2D eigenvalue weighted by atomic mass is 32.2. The first-order chi connectivity index (χ1) is 9.99. The van der Waals surface area contributed by atoms with Gasteiger partial charge in [-0.25, -0.2) is 4.98 Å². The van der Waals surface area contributed by atoms with E-state index >= 15 is 0 Å². The summed E-state index contributed by atoms with van der Waals surface area (Å²) in [4.78, 5) is 26.5. The number of nitrogens with one attached hydrogen (secondary N) is 2. The zero-order chi connectivity index (χ0) is 15.8. The molecule has 1 heterocycles. The average Bonchev–Trinajstić information content (AvgIpc) is 2.44. The van der Waals surface area contributed by atoms with Gasteiger partial charge in [-0.1, -0.05) is 6.92 Å². The average molecular weight is 312 g/mol. The number of amides is 1. The Morgan fingerprint density at radius 1 is 1.57 bits per heavy atom. The van der Waals surface area contributed by atoms with Gasteiger partial charge < -0.3 is 10.6 Å². The molecule has 1 unspecified atom stereocenters. The molecule has 1 rings (SSSR count). The predicted molar refractivity (Wildman–Crippen MR) is 85.0 cm³/mol. The third-order valence-corrected chi connectivity index (χ3v) is 3.50. The summed E-state index contributed by atoms with van der Waals surface area (Å²) in [5.41, 5.74) is 0.00493. The van der Waals surface area contributed by atoms with Crippen LogP contribution in [0.5, 0.6) is 0 Å². The van der Waals surface area contributed by atoms with Crippen LogP contribution in [0.3, 0.4) is 0 Å². The number of hydrogen-bond acceptors (Lipinski definition) is 6. The maximum Gasteiger partial charge on any atom is 0.288 e. The fourth-order valence-electron chi connectivity index (χ4n) is 1.70. The number of nitro groups is 1. The van der Waals surface area contributed by atoms with Crippen LogP contribution >= 0.6 is 11.8 Å². The van der Waals surface area contributed by atoms with Gasteiger partial charge in [0.05, 0.1) is 10.5 Å². The van der Waals surface area contributed by atoms with Gasteiger partial charge in [-0.05, 0) is 19.6 Å². The molecule has 21 heavy (non-hydrogen) atoms. The third kappa shape index (κ3) is 5.22. The van der Waals surface area contributed by atoms with Gasteiger partial charge in [-0.3, -0.25) is 14.9 Å². The summed E-state index contributed by atoms with van der Waals surface area (Å²) in [6, 6.07) is 1.23. The van der Waals surface area contributed by atoms with Crippen molar-refractivity contribution in [2.75, 3.05) is 23.9 Å². The lowest BCUT2D eigenvalue weighted by Crippen LogP contribution is -2.34. The van der Waals surface area contributed by atoms with Crippen molar-refractivity contribution in [2.45, 2.75) is 26.3 Å². The van der Waals surface area contributed by atoms with Crippen LogP contribution < -0.4 is 10.6 Å². The van der Waals surface area contributed by atoms with Crippen molar-refractivity contribution in [3.8, 4) is 0 Å². The molecule has 0 aliphatic heterocycles. The molecule has 0 aliphatic rings. The van der Waals surface area contributed by atoms with Gasteiger partial charge in [0.1, 0.15) is 12.0 Å². The molecule has 0 saturated heterocycles. The van der Waals surface area contributed by atoms with E-state index in [0.717, 1.165) is 18.4 Å². The molecule has 0 fully saturated rings. The van der Waals surface area contributed by atoms with Crippen LogP contribution in [0, 0.1) is 10.1 Å². The number of nitrogens with zero attached hydrogens (tertiary/aromatic N) is 2. The summed E-state index contributed by atoms with van der Waals surface area (Å²) in [5, 5.41) is 16.7. The number of hydrogen-bond donors (Lipinski definition) is 2. The lowest BCUT2D eigenvalue weighted by Gasteiger charge is -2.14. The van der Waals surface area contributed by atoms with Crippen LogP contribution in [0.2, 0.25) is 0 Å². The number of thioether (sulfide) groups is 1. The molecule has 8 heteroatoms. The number of pyridine rings is 1. The summed E-state index contributed by atoms with van der Waals surface area (Å²) in [5.74, 6) is 0.786. The molecule has 0 spiro atoms. The van der Waals surface area contributed by atoms with Crippen molar-refractivity contribution in [1.29, 1.82) is 0 Å². The summed E-state index contributed by atoms with van der Waals surface area (Å²) in [7, 11) is 0. The topological polar surface area (TPSA) is 97.2 Å². The molecule has 116 valence electrons. The fraction of sp³-hybridized carbons (Fsp3) is 0.538. The number of carbonyl (C=O) groups is 1. The summed E-state index contributed by atoms with van der Waals surface area (Å²) >= 11 is 1.62. The summed E-state index contributed by atoms with van der Waals surface area (Å²) < 4.78 is 0. The highest BCUT2D eigenvalue weighted by Gasteiger charge is 2.19. The number of anilines is 1. The van der Waals surface area contributed by atoms with Crippen molar-refractivity contribution in [2.24, 2.45) is 0 Å². The zero-order valence-corrected chi connectivity index (χ0v) is 13.2. The largest absolute Gasteiger partial charge is 0.369 e. The monoisotopic (exact) mass is 312 g/mol. The number of rotatable bonds is 8. The van der Waals surface area contributed by atoms with Gasteiger partial charge in [0.15, 0.2) is 0 Å². The van der Waals surface area contributed by atoms with Crippen molar-refractivity contribution < 1.29 is 9.72 Å². The van der Waals surface area contributed by atoms with Crippen molar-refractivity contribution in [1.82, 2.24) is 10.3 Å². The summed E-state index contributed by atoms with van der Waals surface area (Å²) in [6.45, 7) is 4.52. The van der Waals surface area contributed by atoms with E-state index in [9.17, 15) is 14.9 Å². The highest BCUT2D eigenvalue weighted by molar-refractivity contribution is 7.98. The maximum atomic E-state index is 12.3. The highest BCUT2D eigenvalue weighted by Crippen LogP contribution is 2.19. The van der Waals surface area contributed by atoms with Gasteiger partial charge >= 0.3 is 0 Å². The normalized spacial score (nSPS) is 11.8. The van der Waals surface area contributed by atoms with E-state index in [0.29, 0.717) is 12.4 Å². The Hall–Kier alpha value is -1.83. The molecule has 1 aromatic heterocycles. The molecule has 0 bridgehead atoms. The quantitative estimate of drug-likeness (QED) is 0.564. The minimum Gasteiger partial charge on any atom is -0.369 e. The van der Waals surface area contributed by atoms with E-state index in [2.05, 4.69) is 15.6 Å². The Bertz CT molecular complexity index is 510. The van der Waals surface area contributed by atoms with Gasteiger partial charge in [-0.15, -0.1) is 0 Å². The van der Waals surface area contributed by atoms with Gasteiger partial charge in [0, 0.05) is 24.4 Å². The lowest BCUT2D eigenvalue weighted by molar-refractivity contribution is -0.385. The molecule has 1 aromatic rings. The van der Waals surface area contributed by atoms with Gasteiger partial charge in [-0.2, -0.15) is 11.8 Å². The van der Waals surface area contributed by atoms with Crippen molar-refractivity contribution in [3.05, 3.63) is 27.9 Å². The molecule has 1 amide bonds. The molecule has 1 atom stereocenters. The minimum atomic E-state index is -0.557. The molecule has 0 radical (unpaired) electrons. The second kappa shape index (κ2) is 8.46. The lowest BCUT2D eigenvalue weighted by atomic mass is 10.2. The van der Waals surface area contributed by atoms with E-state index in [1.54, 1.807) is 11.8 Å². The Morgan fingerprint density at radius 3 is 2.86 bits per heavy atom. The smallest absolute Gasteiger partial charge is 0.288 e. The number of aromatic nitrogens is 1. The molecule has 0 aromatic carbocycles. The molecular weight excluding hydrogens is 292 g/mol. The molecule has 2 N–H and O–H groups in total. The minimum absolute atomic E-state index is 0.0224. The Morgan fingerprint density at radius 2 is 2.29 bits per heavy atom. The summed E-state index contributed by atoms with van der Waals surface area (Å²) in [6.07, 6.45) is 3.97. The van der Waals surface area contributed by atoms with E-state index in [4.69, 9.17) is 0 Å². The Kier molecular flexibility index (Phi) is 6.93. The van der Waals surface area contributed by atoms with Crippen molar-refractivity contribution >= 4 is 29.2 Å². The second-order valence-electron chi connectivity index (χ2n) is 4.60. The van der Waals surface area contributed by atoms with E-state index < -0.39 is 4.92 Å². The Balaban J connectivity index is 3.01. The van der Waals surface area contributed by atoms with Crippen LogP contribution in [-0.2, 0) is 0 Å². The van der Waals surface area contributed by atoms with Crippen LogP contribution in [0.1, 0.15) is 30.6 Å². The third-order valence-electron chi connectivity index (χ3n) is 2.67. The fourth-order valence-corrected chi connectivity index (χ4v) is 2.29. The van der Waals surface area contributed by atoms with Crippen LogP contribution in [0.25, 0.3) is 0 Å². The molecule has 0 saturated carbocycles. The SMILES string of the molecule is CCCNc1ncc([N+](=O)[O-])cc1C(=O)NC(C)CSC. The van der Waals surface area contributed by atoms with Gasteiger partial charge in [0.25, 0.3) is 11.6 Å². The standard InChI is InChI=1S/C13H20N4O3S/c1-4-5-14-12-11(6-10(7-15-12)17(19)20)13(18)16-9(2)8-21-3/h6-7,9H,4-5,8H2,1-3H3,(H,14,15)(H,16,18). The van der Waals surface area contributed by atoms with E-state index in [-0.39, 0.29) is 23.2 Å². The first-order valence-electron chi connectivity index (χ1n) is 6.67. The van der Waals surface area contributed by atoms with Crippen molar-refractivity contribution in [3.63, 3.8) is 0 Å². The van der Waals surface area contributed by atoms with Crippen LogP contribution in [0.4, 0.5) is 11.5 Å². The maximum absolute atomic E-state index is 12.3. The van der Waals surface area contributed by atoms with Crippen LogP contribution in [0.15, 0.2) is 12.3 Å². The van der Waals surface area contributed by atoms with Crippen LogP contribution in [-0.4, -0.2) is 40.4 Å². The van der Waals surface area contributed by atoms with E-state index in [1.807, 2.05) is 20.1 Å². The molecule has 0 aliphatic carbocycles. The number of carbonyl (C=O) groups excluding carboxylic acids is 1. The first kappa shape index (κ1) is 17.2. The first-order valence-corrected chi connectivity index (χ1v) is 8.07. The van der Waals surface area contributed by atoms with Gasteiger partial charge in [0.2, 0.25) is 0 Å².